The summed E-state index contributed by atoms with van der Waals surface area (Å²) < 4.78 is 0. The molecule has 2 nitrogen and oxygen atoms in total. The lowest BCUT2D eigenvalue weighted by molar-refractivity contribution is 0.572. The van der Waals surface area contributed by atoms with E-state index in [1.807, 2.05) is 17.8 Å². The first-order valence-corrected chi connectivity index (χ1v) is 8.83. The van der Waals surface area contributed by atoms with Crippen LogP contribution in [0.15, 0.2) is 35.7 Å². The van der Waals surface area contributed by atoms with Crippen LogP contribution in [-0.2, 0) is 6.42 Å². The van der Waals surface area contributed by atoms with Crippen LogP contribution >= 0.6 is 23.1 Å². The van der Waals surface area contributed by atoms with Crippen molar-refractivity contribution in [3.05, 3.63) is 40.7 Å². The summed E-state index contributed by atoms with van der Waals surface area (Å²) in [4.78, 5) is 4.75. The molecule has 1 heterocycles. The van der Waals surface area contributed by atoms with E-state index in [2.05, 4.69) is 48.1 Å². The maximum absolute atomic E-state index is 4.75. The Labute approximate surface area is 123 Å². The highest BCUT2D eigenvalue weighted by Gasteiger charge is 2.11. The Morgan fingerprint density at radius 3 is 2.79 bits per heavy atom. The first-order chi connectivity index (χ1) is 9.33. The van der Waals surface area contributed by atoms with E-state index in [0.29, 0.717) is 6.04 Å². The molecule has 0 fully saturated rings. The van der Waals surface area contributed by atoms with Gasteiger partial charge in [-0.25, -0.2) is 4.98 Å². The second-order valence-electron chi connectivity index (χ2n) is 4.41. The predicted octanol–water partition coefficient (Wildman–Crippen LogP) is 3.69. The third-order valence-corrected chi connectivity index (χ3v) is 4.51. The lowest BCUT2D eigenvalue weighted by Gasteiger charge is -2.14. The summed E-state index contributed by atoms with van der Waals surface area (Å²) in [5.74, 6) is 1.13. The Morgan fingerprint density at radius 1 is 1.32 bits per heavy atom. The summed E-state index contributed by atoms with van der Waals surface area (Å²) in [6.45, 7) is 3.17. The van der Waals surface area contributed by atoms with Crippen LogP contribution in [0.1, 0.15) is 11.9 Å². The number of aromatic nitrogens is 1. The lowest BCUT2D eigenvalue weighted by Crippen LogP contribution is -2.33. The quantitative estimate of drug-likeness (QED) is 0.842. The monoisotopic (exact) mass is 292 g/mol. The van der Waals surface area contributed by atoms with E-state index in [9.17, 15) is 0 Å². The molecule has 19 heavy (non-hydrogen) atoms. The predicted molar refractivity (Wildman–Crippen MR) is 87.1 cm³/mol. The molecule has 0 saturated carbocycles. The number of benzene rings is 1. The van der Waals surface area contributed by atoms with Crippen LogP contribution < -0.4 is 5.32 Å². The number of likely N-dealkylation sites (N-methyl/N-ethyl adjacent to an activating group) is 1. The van der Waals surface area contributed by atoms with E-state index in [1.54, 1.807) is 11.3 Å². The highest BCUT2D eigenvalue weighted by Crippen LogP contribution is 2.22. The Morgan fingerprint density at radius 2 is 2.11 bits per heavy atom. The number of hydrogen-bond donors (Lipinski definition) is 1. The SMILES string of the molecule is CCNC(CSC)Cc1nc(-c2ccccc2)cs1. The van der Waals surface area contributed by atoms with E-state index in [0.717, 1.165) is 24.4 Å². The molecular weight excluding hydrogens is 272 g/mol. The lowest BCUT2D eigenvalue weighted by atomic mass is 10.2. The van der Waals surface area contributed by atoms with Gasteiger partial charge in [-0.05, 0) is 12.8 Å². The van der Waals surface area contributed by atoms with Gasteiger partial charge in [-0.1, -0.05) is 37.3 Å². The zero-order chi connectivity index (χ0) is 13.5. The van der Waals surface area contributed by atoms with E-state index in [1.165, 1.54) is 10.6 Å². The minimum atomic E-state index is 0.523. The summed E-state index contributed by atoms with van der Waals surface area (Å²) in [5, 5.41) is 6.91. The zero-order valence-electron chi connectivity index (χ0n) is 11.4. The van der Waals surface area contributed by atoms with Gasteiger partial charge in [-0.15, -0.1) is 11.3 Å². The molecule has 1 N–H and O–H groups in total. The maximum atomic E-state index is 4.75. The van der Waals surface area contributed by atoms with Crippen LogP contribution in [0.3, 0.4) is 0 Å². The molecule has 0 aliphatic rings. The molecule has 0 saturated heterocycles. The Hall–Kier alpha value is -0.840. The van der Waals surface area contributed by atoms with Crippen molar-refractivity contribution in [1.82, 2.24) is 10.3 Å². The highest BCUT2D eigenvalue weighted by molar-refractivity contribution is 7.98. The minimum absolute atomic E-state index is 0.523. The molecule has 0 spiro atoms. The van der Waals surface area contributed by atoms with Crippen LogP contribution in [-0.4, -0.2) is 29.6 Å². The largest absolute Gasteiger partial charge is 0.313 e. The third-order valence-electron chi connectivity index (χ3n) is 2.90. The molecule has 2 rings (SSSR count). The second-order valence-corrected chi connectivity index (χ2v) is 6.26. The van der Waals surface area contributed by atoms with Crippen molar-refractivity contribution in [1.29, 1.82) is 0 Å². The summed E-state index contributed by atoms with van der Waals surface area (Å²) in [6, 6.07) is 10.9. The average Bonchev–Trinajstić information content (AvgIpc) is 2.89. The fourth-order valence-electron chi connectivity index (χ4n) is 2.04. The fourth-order valence-corrected chi connectivity index (χ4v) is 3.56. The average molecular weight is 292 g/mol. The van der Waals surface area contributed by atoms with Gasteiger partial charge in [0.05, 0.1) is 10.7 Å². The normalized spacial score (nSPS) is 12.5. The Balaban J connectivity index is 2.04. The number of thioether (sulfide) groups is 1. The van der Waals surface area contributed by atoms with Crippen molar-refractivity contribution >= 4 is 23.1 Å². The van der Waals surface area contributed by atoms with Gasteiger partial charge in [0.1, 0.15) is 0 Å². The molecule has 1 unspecified atom stereocenters. The molecule has 4 heteroatoms. The zero-order valence-corrected chi connectivity index (χ0v) is 13.1. The highest BCUT2D eigenvalue weighted by atomic mass is 32.2. The summed E-state index contributed by atoms with van der Waals surface area (Å²) in [5.41, 5.74) is 2.30. The van der Waals surface area contributed by atoms with Gasteiger partial charge in [-0.3, -0.25) is 0 Å². The molecule has 1 aromatic carbocycles. The van der Waals surface area contributed by atoms with Gasteiger partial charge >= 0.3 is 0 Å². The Kier molecular flexibility index (Phi) is 5.89. The van der Waals surface area contributed by atoms with Gasteiger partial charge in [0.15, 0.2) is 0 Å². The number of rotatable bonds is 7. The van der Waals surface area contributed by atoms with E-state index in [4.69, 9.17) is 4.98 Å². The summed E-state index contributed by atoms with van der Waals surface area (Å²) >= 11 is 3.65. The van der Waals surface area contributed by atoms with Crippen molar-refractivity contribution < 1.29 is 0 Å². The van der Waals surface area contributed by atoms with Gasteiger partial charge in [-0.2, -0.15) is 11.8 Å². The van der Waals surface area contributed by atoms with Gasteiger partial charge in [0.2, 0.25) is 0 Å². The van der Waals surface area contributed by atoms with Crippen molar-refractivity contribution in [2.24, 2.45) is 0 Å². The molecule has 1 aromatic heterocycles. The van der Waals surface area contributed by atoms with E-state index >= 15 is 0 Å². The summed E-state index contributed by atoms with van der Waals surface area (Å²) in [6.07, 6.45) is 3.17. The summed E-state index contributed by atoms with van der Waals surface area (Å²) in [7, 11) is 0. The second kappa shape index (κ2) is 7.68. The van der Waals surface area contributed by atoms with Crippen molar-refractivity contribution in [3.8, 4) is 11.3 Å². The molecular formula is C15H20N2S2. The first kappa shape index (κ1) is 14.6. The smallest absolute Gasteiger partial charge is 0.0948 e. The van der Waals surface area contributed by atoms with Crippen molar-refractivity contribution in [2.45, 2.75) is 19.4 Å². The van der Waals surface area contributed by atoms with Crippen LogP contribution in [0, 0.1) is 0 Å². The Bertz CT molecular complexity index is 476. The van der Waals surface area contributed by atoms with Gasteiger partial charge < -0.3 is 5.32 Å². The topological polar surface area (TPSA) is 24.9 Å². The minimum Gasteiger partial charge on any atom is -0.313 e. The van der Waals surface area contributed by atoms with Crippen LogP contribution in [0.5, 0.6) is 0 Å². The van der Waals surface area contributed by atoms with Crippen LogP contribution in [0.2, 0.25) is 0 Å². The van der Waals surface area contributed by atoms with E-state index < -0.39 is 0 Å². The maximum Gasteiger partial charge on any atom is 0.0948 e. The standard InChI is InChI=1S/C15H20N2S2/c1-3-16-13(10-18-2)9-15-17-14(11-19-15)12-7-5-4-6-8-12/h4-8,11,13,16H,3,9-10H2,1-2H3. The molecule has 0 aliphatic heterocycles. The number of nitrogens with one attached hydrogen (secondary N) is 1. The fraction of sp³-hybridized carbons (Fsp3) is 0.400. The van der Waals surface area contributed by atoms with Gasteiger partial charge in [0, 0.05) is 29.2 Å². The molecule has 1 atom stereocenters. The van der Waals surface area contributed by atoms with Crippen molar-refractivity contribution in [3.63, 3.8) is 0 Å². The van der Waals surface area contributed by atoms with Gasteiger partial charge in [0.25, 0.3) is 0 Å². The van der Waals surface area contributed by atoms with Crippen molar-refractivity contribution in [2.75, 3.05) is 18.6 Å². The van der Waals surface area contributed by atoms with Crippen LogP contribution in [0.4, 0.5) is 0 Å². The molecule has 2 aromatic rings. The number of thiazole rings is 1. The molecule has 0 amide bonds. The molecule has 0 bridgehead atoms. The third kappa shape index (κ3) is 4.34. The molecule has 0 aliphatic carbocycles. The number of hydrogen-bond acceptors (Lipinski definition) is 4. The van der Waals surface area contributed by atoms with E-state index in [-0.39, 0.29) is 0 Å². The molecule has 0 radical (unpaired) electrons. The first-order valence-electron chi connectivity index (χ1n) is 6.55. The number of nitrogens with zero attached hydrogens (tertiary/aromatic N) is 1. The van der Waals surface area contributed by atoms with Crippen LogP contribution in [0.25, 0.3) is 11.3 Å². The molecule has 102 valence electrons.